The Kier molecular flexibility index (Phi) is 11.0. The number of benzene rings is 3. The molecule has 1 N–H and O–H groups in total. The van der Waals surface area contributed by atoms with Crippen molar-refractivity contribution in [2.24, 2.45) is 0 Å². The van der Waals surface area contributed by atoms with E-state index in [1.807, 2.05) is 20.8 Å². The first-order chi connectivity index (χ1) is 19.1. The minimum absolute atomic E-state index is 0.0300. The van der Waals surface area contributed by atoms with Crippen LogP contribution in [0.1, 0.15) is 39.2 Å². The van der Waals surface area contributed by atoms with Crippen LogP contribution in [0.15, 0.2) is 83.8 Å². The molecule has 0 saturated carbocycles. The molecule has 2 atom stereocenters. The lowest BCUT2D eigenvalue weighted by Crippen LogP contribution is -2.53. The summed E-state index contributed by atoms with van der Waals surface area (Å²) >= 11 is 6.44. The van der Waals surface area contributed by atoms with E-state index in [-0.39, 0.29) is 29.1 Å². The second kappa shape index (κ2) is 14.2. The number of nitrogens with one attached hydrogen (secondary N) is 1. The number of anilines is 1. The van der Waals surface area contributed by atoms with Gasteiger partial charge in [0.2, 0.25) is 11.8 Å². The molecule has 0 saturated heterocycles. The van der Waals surface area contributed by atoms with Crippen molar-refractivity contribution in [3.05, 3.63) is 89.4 Å². The Morgan fingerprint density at radius 1 is 0.950 bits per heavy atom. The second-order valence-electron chi connectivity index (χ2n) is 9.38. The summed E-state index contributed by atoms with van der Waals surface area (Å²) in [7, 11) is -2.68. The van der Waals surface area contributed by atoms with Gasteiger partial charge in [0.1, 0.15) is 18.3 Å². The first-order valence-electron chi connectivity index (χ1n) is 13.2. The molecule has 8 nitrogen and oxygen atoms in total. The Morgan fingerprint density at radius 3 is 2.25 bits per heavy atom. The molecule has 0 heterocycles. The number of methoxy groups -OCH3 is 1. The highest BCUT2D eigenvalue weighted by Gasteiger charge is 2.34. The van der Waals surface area contributed by atoms with Gasteiger partial charge in [0, 0.05) is 23.7 Å². The first kappa shape index (κ1) is 31.0. The van der Waals surface area contributed by atoms with E-state index >= 15 is 0 Å². The average Bonchev–Trinajstić information content (AvgIpc) is 2.96. The molecule has 0 spiro atoms. The predicted molar refractivity (Wildman–Crippen MR) is 158 cm³/mol. The second-order valence-corrected chi connectivity index (χ2v) is 11.7. The van der Waals surface area contributed by atoms with Crippen molar-refractivity contribution in [1.82, 2.24) is 10.2 Å². The molecule has 0 radical (unpaired) electrons. The van der Waals surface area contributed by atoms with Crippen molar-refractivity contribution in [3.63, 3.8) is 0 Å². The smallest absolute Gasteiger partial charge is 0.264 e. The van der Waals surface area contributed by atoms with Crippen LogP contribution in [0.5, 0.6) is 5.75 Å². The molecule has 10 heteroatoms. The van der Waals surface area contributed by atoms with Gasteiger partial charge in [0.25, 0.3) is 10.0 Å². The van der Waals surface area contributed by atoms with E-state index in [2.05, 4.69) is 5.32 Å². The standard InChI is InChI=1S/C30H36ClN3O5S/c1-5-22(3)32-30(36)28(6-2)33(20-23-13-10-11-18-27(23)31)29(35)21-34(24-14-12-15-25(19-24)39-4)40(37,38)26-16-8-7-9-17-26/h7-19,22,28H,5-6,20-21H2,1-4H3,(H,32,36)/t22-,28-/m0/s1. The number of hydrogen-bond acceptors (Lipinski definition) is 5. The molecule has 0 aromatic heterocycles. The Hall–Kier alpha value is -3.56. The third kappa shape index (κ3) is 7.55. The number of hydrogen-bond donors (Lipinski definition) is 1. The fourth-order valence-electron chi connectivity index (χ4n) is 4.18. The quantitative estimate of drug-likeness (QED) is 0.295. The minimum atomic E-state index is -4.16. The van der Waals surface area contributed by atoms with Crippen LogP contribution < -0.4 is 14.4 Å². The lowest BCUT2D eigenvalue weighted by Gasteiger charge is -2.34. The number of halogens is 1. The van der Waals surface area contributed by atoms with Gasteiger partial charge in [-0.05, 0) is 55.7 Å². The number of carbonyl (C=O) groups excluding carboxylic acids is 2. The summed E-state index contributed by atoms with van der Waals surface area (Å²) in [5, 5.41) is 3.40. The lowest BCUT2D eigenvalue weighted by atomic mass is 10.1. The molecular formula is C30H36ClN3O5S. The van der Waals surface area contributed by atoms with Crippen molar-refractivity contribution < 1.29 is 22.7 Å². The highest BCUT2D eigenvalue weighted by molar-refractivity contribution is 7.92. The molecule has 0 fully saturated rings. The maximum absolute atomic E-state index is 14.1. The summed E-state index contributed by atoms with van der Waals surface area (Å²) in [6.07, 6.45) is 1.04. The van der Waals surface area contributed by atoms with E-state index in [0.717, 1.165) is 10.7 Å². The molecule has 0 aliphatic carbocycles. The van der Waals surface area contributed by atoms with Crippen molar-refractivity contribution in [3.8, 4) is 5.75 Å². The fraction of sp³-hybridized carbons (Fsp3) is 0.333. The van der Waals surface area contributed by atoms with Crippen LogP contribution in [0.2, 0.25) is 5.02 Å². The van der Waals surface area contributed by atoms with Gasteiger partial charge >= 0.3 is 0 Å². The third-order valence-electron chi connectivity index (χ3n) is 6.64. The van der Waals surface area contributed by atoms with E-state index < -0.39 is 28.5 Å². The van der Waals surface area contributed by atoms with Gasteiger partial charge in [-0.15, -0.1) is 0 Å². The molecule has 0 bridgehead atoms. The van der Waals surface area contributed by atoms with Crippen LogP contribution in [0.4, 0.5) is 5.69 Å². The van der Waals surface area contributed by atoms with Crippen LogP contribution in [0, 0.1) is 0 Å². The maximum Gasteiger partial charge on any atom is 0.264 e. The zero-order valence-corrected chi connectivity index (χ0v) is 24.8. The molecule has 3 aromatic rings. The maximum atomic E-state index is 14.1. The lowest BCUT2D eigenvalue weighted by molar-refractivity contribution is -0.140. The molecule has 3 aromatic carbocycles. The average molecular weight is 586 g/mol. The molecule has 214 valence electrons. The zero-order chi connectivity index (χ0) is 29.3. The zero-order valence-electron chi connectivity index (χ0n) is 23.2. The SMILES string of the molecule is CC[C@H](C)NC(=O)[C@H](CC)N(Cc1ccccc1Cl)C(=O)CN(c1cccc(OC)c1)S(=O)(=O)c1ccccc1. The Balaban J connectivity index is 2.08. The first-order valence-corrected chi connectivity index (χ1v) is 15.0. The van der Waals surface area contributed by atoms with Gasteiger partial charge in [-0.1, -0.05) is 67.9 Å². The van der Waals surface area contributed by atoms with Crippen molar-refractivity contribution in [2.75, 3.05) is 18.0 Å². The third-order valence-corrected chi connectivity index (χ3v) is 8.79. The number of ether oxygens (including phenoxy) is 1. The highest BCUT2D eigenvalue weighted by atomic mass is 35.5. The van der Waals surface area contributed by atoms with Crippen LogP contribution in [-0.2, 0) is 26.2 Å². The van der Waals surface area contributed by atoms with E-state index in [1.54, 1.807) is 66.7 Å². The van der Waals surface area contributed by atoms with E-state index in [0.29, 0.717) is 22.8 Å². The topological polar surface area (TPSA) is 96.0 Å². The van der Waals surface area contributed by atoms with Crippen LogP contribution in [-0.4, -0.2) is 50.9 Å². The minimum Gasteiger partial charge on any atom is -0.497 e. The van der Waals surface area contributed by atoms with Crippen molar-refractivity contribution in [2.45, 2.75) is 57.1 Å². The van der Waals surface area contributed by atoms with E-state index in [9.17, 15) is 18.0 Å². The summed E-state index contributed by atoms with van der Waals surface area (Å²) in [6, 6.07) is 20.5. The summed E-state index contributed by atoms with van der Waals surface area (Å²) in [4.78, 5) is 28.9. The summed E-state index contributed by atoms with van der Waals surface area (Å²) in [5.74, 6) is -0.421. The van der Waals surface area contributed by atoms with Gasteiger partial charge in [-0.25, -0.2) is 8.42 Å². The number of amides is 2. The van der Waals surface area contributed by atoms with Crippen LogP contribution in [0.25, 0.3) is 0 Å². The summed E-state index contributed by atoms with van der Waals surface area (Å²) in [6.45, 7) is 5.15. The van der Waals surface area contributed by atoms with E-state index in [1.165, 1.54) is 24.1 Å². The Labute approximate surface area is 241 Å². The van der Waals surface area contributed by atoms with Gasteiger partial charge in [0.05, 0.1) is 17.7 Å². The van der Waals surface area contributed by atoms with Crippen molar-refractivity contribution >= 4 is 39.1 Å². The largest absolute Gasteiger partial charge is 0.497 e. The van der Waals surface area contributed by atoms with E-state index in [4.69, 9.17) is 16.3 Å². The van der Waals surface area contributed by atoms with Gasteiger partial charge < -0.3 is 15.0 Å². The van der Waals surface area contributed by atoms with Gasteiger partial charge in [-0.2, -0.15) is 0 Å². The number of nitrogens with zero attached hydrogens (tertiary/aromatic N) is 2. The molecule has 0 aliphatic rings. The normalized spacial score (nSPS) is 12.7. The molecule has 3 rings (SSSR count). The summed E-state index contributed by atoms with van der Waals surface area (Å²) in [5.41, 5.74) is 0.900. The number of rotatable bonds is 13. The summed E-state index contributed by atoms with van der Waals surface area (Å²) < 4.78 is 34.1. The monoisotopic (exact) mass is 585 g/mol. The molecule has 0 aliphatic heterocycles. The number of sulfonamides is 1. The van der Waals surface area contributed by atoms with Crippen LogP contribution >= 0.6 is 11.6 Å². The predicted octanol–water partition coefficient (Wildman–Crippen LogP) is 5.27. The Morgan fingerprint density at radius 2 is 1.62 bits per heavy atom. The molecule has 2 amide bonds. The molecule has 0 unspecified atom stereocenters. The van der Waals surface area contributed by atoms with Crippen molar-refractivity contribution in [1.29, 1.82) is 0 Å². The van der Waals surface area contributed by atoms with Gasteiger partial charge in [0.15, 0.2) is 0 Å². The number of carbonyl (C=O) groups is 2. The molecular weight excluding hydrogens is 550 g/mol. The highest BCUT2D eigenvalue weighted by Crippen LogP contribution is 2.28. The fourth-order valence-corrected chi connectivity index (χ4v) is 5.81. The Bertz CT molecular complexity index is 1400. The van der Waals surface area contributed by atoms with Crippen LogP contribution in [0.3, 0.4) is 0 Å². The molecule has 40 heavy (non-hydrogen) atoms. The van der Waals surface area contributed by atoms with Gasteiger partial charge in [-0.3, -0.25) is 13.9 Å².